The van der Waals surface area contributed by atoms with Gasteiger partial charge in [-0.15, -0.1) is 24.8 Å². The van der Waals surface area contributed by atoms with Crippen molar-refractivity contribution in [1.29, 1.82) is 0 Å². The molecule has 0 spiro atoms. The van der Waals surface area contributed by atoms with Crippen molar-refractivity contribution < 1.29 is 9.53 Å². The molecule has 1 aromatic rings. The summed E-state index contributed by atoms with van der Waals surface area (Å²) < 4.78 is 5.08. The number of piperidine rings is 1. The molecule has 0 saturated carbocycles. The van der Waals surface area contributed by atoms with Crippen molar-refractivity contribution in [3.63, 3.8) is 0 Å². The maximum absolute atomic E-state index is 12.3. The van der Waals surface area contributed by atoms with Crippen LogP contribution in [-0.2, 0) is 9.53 Å². The number of carbonyl (C=O) groups excluding carboxylic acids is 1. The predicted molar refractivity (Wildman–Crippen MR) is 107 cm³/mol. The van der Waals surface area contributed by atoms with Crippen LogP contribution in [0.25, 0.3) is 0 Å². The van der Waals surface area contributed by atoms with E-state index in [1.165, 1.54) is 5.56 Å². The van der Waals surface area contributed by atoms with E-state index in [4.69, 9.17) is 10.5 Å². The summed E-state index contributed by atoms with van der Waals surface area (Å²) in [7, 11) is 1.74. The fourth-order valence-corrected chi connectivity index (χ4v) is 2.95. The zero-order chi connectivity index (χ0) is 16.7. The van der Waals surface area contributed by atoms with Gasteiger partial charge in [-0.25, -0.2) is 0 Å². The number of likely N-dealkylation sites (tertiary alicyclic amines) is 1. The molecular weight excluding hydrogens is 361 g/mol. The standard InChI is InChI=1S/C18H29N3O2.2ClH/c1-14-4-6-15(7-5-14)17(19)18(22)20-16-8-11-21(12-9-16)10-3-13-23-2;;/h4-7,16-17H,3,8-13,19H2,1-2H3,(H,20,22);2*1H. The SMILES string of the molecule is COCCCN1CCC(NC(=O)C(N)c2ccc(C)cc2)CC1.Cl.Cl. The van der Waals surface area contributed by atoms with E-state index >= 15 is 0 Å². The third kappa shape index (κ3) is 7.92. The first kappa shape index (κ1) is 24.1. The van der Waals surface area contributed by atoms with E-state index in [1.807, 2.05) is 31.2 Å². The molecule has 0 aromatic heterocycles. The lowest BCUT2D eigenvalue weighted by Gasteiger charge is -2.32. The highest BCUT2D eigenvalue weighted by Gasteiger charge is 2.23. The normalized spacial score (nSPS) is 16.4. The first-order valence-electron chi connectivity index (χ1n) is 8.44. The van der Waals surface area contributed by atoms with Crippen molar-refractivity contribution in [2.75, 3.05) is 33.4 Å². The van der Waals surface area contributed by atoms with Gasteiger partial charge in [-0.3, -0.25) is 4.79 Å². The third-order valence-corrected chi connectivity index (χ3v) is 4.48. The van der Waals surface area contributed by atoms with Crippen molar-refractivity contribution >= 4 is 30.7 Å². The largest absolute Gasteiger partial charge is 0.385 e. The second-order valence-corrected chi connectivity index (χ2v) is 6.36. The van der Waals surface area contributed by atoms with Crippen molar-refractivity contribution in [1.82, 2.24) is 10.2 Å². The Labute approximate surface area is 163 Å². The van der Waals surface area contributed by atoms with E-state index in [1.54, 1.807) is 7.11 Å². The van der Waals surface area contributed by atoms with Crippen LogP contribution >= 0.6 is 24.8 Å². The number of nitrogens with two attached hydrogens (primary N) is 1. The summed E-state index contributed by atoms with van der Waals surface area (Å²) in [6, 6.07) is 7.48. The summed E-state index contributed by atoms with van der Waals surface area (Å²) in [5.41, 5.74) is 8.11. The summed E-state index contributed by atoms with van der Waals surface area (Å²) in [5, 5.41) is 3.10. The number of nitrogens with zero attached hydrogens (tertiary/aromatic N) is 1. The highest BCUT2D eigenvalue weighted by molar-refractivity contribution is 5.85. The van der Waals surface area contributed by atoms with Gasteiger partial charge < -0.3 is 20.7 Å². The molecule has 7 heteroatoms. The molecule has 1 aromatic carbocycles. The molecule has 0 radical (unpaired) electrons. The van der Waals surface area contributed by atoms with Crippen molar-refractivity contribution in [3.8, 4) is 0 Å². The first-order chi connectivity index (χ1) is 11.1. The number of hydrogen-bond donors (Lipinski definition) is 2. The van der Waals surface area contributed by atoms with Crippen LogP contribution < -0.4 is 11.1 Å². The molecular formula is C18H31Cl2N3O2. The summed E-state index contributed by atoms with van der Waals surface area (Å²) in [4.78, 5) is 14.8. The van der Waals surface area contributed by atoms with Gasteiger partial charge in [0.15, 0.2) is 0 Å². The number of halogens is 2. The fraction of sp³-hybridized carbons (Fsp3) is 0.611. The minimum Gasteiger partial charge on any atom is -0.385 e. The molecule has 0 bridgehead atoms. The molecule has 1 aliphatic rings. The van der Waals surface area contributed by atoms with Gasteiger partial charge in [0.2, 0.25) is 5.91 Å². The molecule has 144 valence electrons. The van der Waals surface area contributed by atoms with E-state index in [9.17, 15) is 4.79 Å². The topological polar surface area (TPSA) is 67.6 Å². The molecule has 3 N–H and O–H groups in total. The van der Waals surface area contributed by atoms with E-state index in [-0.39, 0.29) is 36.8 Å². The van der Waals surface area contributed by atoms with E-state index < -0.39 is 6.04 Å². The number of rotatable bonds is 7. The predicted octanol–water partition coefficient (Wildman–Crippen LogP) is 2.46. The third-order valence-electron chi connectivity index (χ3n) is 4.48. The molecule has 1 fully saturated rings. The minimum absolute atomic E-state index is 0. The Hall–Kier alpha value is -0.850. The van der Waals surface area contributed by atoms with Gasteiger partial charge in [0.05, 0.1) is 0 Å². The molecule has 25 heavy (non-hydrogen) atoms. The number of carbonyl (C=O) groups is 1. The van der Waals surface area contributed by atoms with Gasteiger partial charge in [0.25, 0.3) is 0 Å². The van der Waals surface area contributed by atoms with Crippen molar-refractivity contribution in [3.05, 3.63) is 35.4 Å². The second kappa shape index (κ2) is 12.5. The van der Waals surface area contributed by atoms with E-state index in [0.717, 1.165) is 51.1 Å². The molecule has 1 atom stereocenters. The summed E-state index contributed by atoms with van der Waals surface area (Å²) in [6.45, 7) is 5.94. The Balaban J connectivity index is 0.00000288. The number of benzene rings is 1. The van der Waals surface area contributed by atoms with Crippen molar-refractivity contribution in [2.24, 2.45) is 5.73 Å². The molecule has 1 aliphatic heterocycles. The monoisotopic (exact) mass is 391 g/mol. The van der Waals surface area contributed by atoms with Crippen LogP contribution in [0.2, 0.25) is 0 Å². The van der Waals surface area contributed by atoms with Gasteiger partial charge in [0.1, 0.15) is 6.04 Å². The lowest BCUT2D eigenvalue weighted by molar-refractivity contribution is -0.123. The number of nitrogens with one attached hydrogen (secondary N) is 1. The smallest absolute Gasteiger partial charge is 0.241 e. The summed E-state index contributed by atoms with van der Waals surface area (Å²) in [5.74, 6) is -0.0771. The number of amides is 1. The minimum atomic E-state index is -0.588. The Morgan fingerprint density at radius 2 is 1.88 bits per heavy atom. The van der Waals surface area contributed by atoms with Gasteiger partial charge in [-0.05, 0) is 31.7 Å². The van der Waals surface area contributed by atoms with Crippen LogP contribution in [0.1, 0.15) is 36.4 Å². The second-order valence-electron chi connectivity index (χ2n) is 6.36. The number of ether oxygens (including phenoxy) is 1. The maximum atomic E-state index is 12.3. The molecule has 1 saturated heterocycles. The maximum Gasteiger partial charge on any atom is 0.241 e. The van der Waals surface area contributed by atoms with Crippen LogP contribution in [0.3, 0.4) is 0 Å². The molecule has 1 unspecified atom stereocenters. The Kier molecular flexibility index (Phi) is 12.1. The van der Waals surface area contributed by atoms with Gasteiger partial charge in [-0.2, -0.15) is 0 Å². The zero-order valence-electron chi connectivity index (χ0n) is 15.1. The molecule has 5 nitrogen and oxygen atoms in total. The summed E-state index contributed by atoms with van der Waals surface area (Å²) >= 11 is 0. The molecule has 2 rings (SSSR count). The van der Waals surface area contributed by atoms with Crippen LogP contribution in [-0.4, -0.2) is 50.2 Å². The van der Waals surface area contributed by atoms with Gasteiger partial charge in [-0.1, -0.05) is 29.8 Å². The van der Waals surface area contributed by atoms with Gasteiger partial charge in [0, 0.05) is 39.4 Å². The molecule has 0 aliphatic carbocycles. The Morgan fingerprint density at radius 1 is 1.28 bits per heavy atom. The van der Waals surface area contributed by atoms with Crippen LogP contribution in [0.5, 0.6) is 0 Å². The fourth-order valence-electron chi connectivity index (χ4n) is 2.95. The van der Waals surface area contributed by atoms with Crippen LogP contribution in [0.4, 0.5) is 0 Å². The van der Waals surface area contributed by atoms with E-state index in [2.05, 4.69) is 10.2 Å². The Morgan fingerprint density at radius 3 is 2.44 bits per heavy atom. The van der Waals surface area contributed by atoms with Crippen molar-refractivity contribution in [2.45, 2.75) is 38.3 Å². The molecule has 1 heterocycles. The number of aryl methyl sites for hydroxylation is 1. The van der Waals surface area contributed by atoms with Crippen LogP contribution in [0, 0.1) is 6.92 Å². The van der Waals surface area contributed by atoms with Crippen LogP contribution in [0.15, 0.2) is 24.3 Å². The zero-order valence-corrected chi connectivity index (χ0v) is 16.7. The average molecular weight is 392 g/mol. The van der Waals surface area contributed by atoms with E-state index in [0.29, 0.717) is 0 Å². The lowest BCUT2D eigenvalue weighted by Crippen LogP contribution is -2.47. The quantitative estimate of drug-likeness (QED) is 0.700. The Bertz CT molecular complexity index is 492. The highest BCUT2D eigenvalue weighted by atomic mass is 35.5. The number of hydrogen-bond acceptors (Lipinski definition) is 4. The average Bonchev–Trinajstić information content (AvgIpc) is 2.56. The summed E-state index contributed by atoms with van der Waals surface area (Å²) in [6.07, 6.45) is 3.03. The first-order valence-corrected chi connectivity index (χ1v) is 8.44. The highest BCUT2D eigenvalue weighted by Crippen LogP contribution is 2.15. The van der Waals surface area contributed by atoms with Gasteiger partial charge >= 0.3 is 0 Å². The lowest BCUT2D eigenvalue weighted by atomic mass is 10.0. The number of methoxy groups -OCH3 is 1. The molecule has 1 amide bonds.